The summed E-state index contributed by atoms with van der Waals surface area (Å²) in [6, 6.07) is 14.9. The Kier molecular flexibility index (Phi) is 9.53. The second-order valence-corrected chi connectivity index (χ2v) is 5.13. The number of aryl methyl sites for hydroxylation is 1. The van der Waals surface area contributed by atoms with E-state index in [1.165, 1.54) is 0 Å². The Hall–Kier alpha value is -1.59. The molecule has 0 fully saturated rings. The quantitative estimate of drug-likeness (QED) is 0.770. The van der Waals surface area contributed by atoms with E-state index in [1.807, 2.05) is 55.5 Å². The molecule has 1 atom stereocenters. The lowest BCUT2D eigenvalue weighted by Crippen LogP contribution is -2.33. The molecule has 0 aliphatic rings. The highest BCUT2D eigenvalue weighted by Gasteiger charge is 2.15. The molecule has 2 aromatic carbocycles. The first-order valence-electron chi connectivity index (χ1n) is 6.98. The van der Waals surface area contributed by atoms with Gasteiger partial charge in [0.25, 0.3) is 0 Å². The minimum absolute atomic E-state index is 0. The van der Waals surface area contributed by atoms with Crippen LogP contribution in [0.15, 0.2) is 48.5 Å². The van der Waals surface area contributed by atoms with Crippen LogP contribution in [0.2, 0.25) is 0 Å². The molecule has 126 valence electrons. The molecule has 2 aromatic rings. The molecule has 2 rings (SSSR count). The van der Waals surface area contributed by atoms with Crippen LogP contribution in [0.4, 0.5) is 0 Å². The molecule has 23 heavy (non-hydrogen) atoms. The molecule has 0 aliphatic heterocycles. The number of carbonyl (C=O) groups is 1. The lowest BCUT2D eigenvalue weighted by atomic mass is 10.1. The number of nitrogens with one attached hydrogen (secondary N) is 1. The maximum atomic E-state index is 12.1. The third-order valence-electron chi connectivity index (χ3n) is 3.41. The molecule has 1 amide bonds. The Morgan fingerprint density at radius 1 is 1.09 bits per heavy atom. The van der Waals surface area contributed by atoms with Gasteiger partial charge in [0.1, 0.15) is 6.04 Å². The maximum Gasteiger partial charge on any atom is 0.241 e. The van der Waals surface area contributed by atoms with Gasteiger partial charge in [-0.25, -0.2) is 0 Å². The van der Waals surface area contributed by atoms with E-state index >= 15 is 0 Å². The number of hydrogen-bond acceptors (Lipinski definition) is 3. The van der Waals surface area contributed by atoms with Gasteiger partial charge < -0.3 is 16.8 Å². The van der Waals surface area contributed by atoms with Gasteiger partial charge in [0.15, 0.2) is 0 Å². The highest BCUT2D eigenvalue weighted by molar-refractivity contribution is 5.85. The Balaban J connectivity index is 0.00000242. The van der Waals surface area contributed by atoms with E-state index < -0.39 is 6.04 Å². The summed E-state index contributed by atoms with van der Waals surface area (Å²) in [5.41, 5.74) is 15.6. The lowest BCUT2D eigenvalue weighted by molar-refractivity contribution is -0.122. The van der Waals surface area contributed by atoms with Crippen LogP contribution in [0.25, 0.3) is 0 Å². The summed E-state index contributed by atoms with van der Waals surface area (Å²) in [5, 5.41) is 2.86. The first kappa shape index (κ1) is 21.4. The van der Waals surface area contributed by atoms with Crippen molar-refractivity contribution >= 4 is 30.7 Å². The number of hydrogen-bond donors (Lipinski definition) is 3. The van der Waals surface area contributed by atoms with E-state index in [4.69, 9.17) is 11.5 Å². The predicted octanol–water partition coefficient (Wildman–Crippen LogP) is 2.61. The van der Waals surface area contributed by atoms with Crippen molar-refractivity contribution in [2.45, 2.75) is 26.1 Å². The fourth-order valence-electron chi connectivity index (χ4n) is 2.09. The fourth-order valence-corrected chi connectivity index (χ4v) is 2.09. The highest BCUT2D eigenvalue weighted by Crippen LogP contribution is 2.12. The van der Waals surface area contributed by atoms with Crippen molar-refractivity contribution in [2.75, 3.05) is 0 Å². The van der Waals surface area contributed by atoms with Gasteiger partial charge in [-0.3, -0.25) is 4.79 Å². The summed E-state index contributed by atoms with van der Waals surface area (Å²) in [6.45, 7) is 2.94. The number of amides is 1. The highest BCUT2D eigenvalue weighted by atomic mass is 35.5. The van der Waals surface area contributed by atoms with Crippen molar-refractivity contribution < 1.29 is 4.79 Å². The van der Waals surface area contributed by atoms with Gasteiger partial charge in [-0.2, -0.15) is 0 Å². The average molecular weight is 356 g/mol. The van der Waals surface area contributed by atoms with Crippen molar-refractivity contribution in [3.63, 3.8) is 0 Å². The number of halogens is 2. The molecule has 0 saturated heterocycles. The maximum absolute atomic E-state index is 12.1. The standard InChI is InChI=1S/C17H21N3O.2ClH/c1-12-5-7-15(8-6-12)16(19)17(21)20-11-14-4-2-3-13(9-14)10-18;;/h2-9,16H,10-11,18-19H2,1H3,(H,20,21);2*1H. The van der Waals surface area contributed by atoms with Crippen molar-refractivity contribution in [1.82, 2.24) is 5.32 Å². The van der Waals surface area contributed by atoms with E-state index in [0.29, 0.717) is 13.1 Å². The van der Waals surface area contributed by atoms with Crippen LogP contribution in [0, 0.1) is 6.92 Å². The van der Waals surface area contributed by atoms with Crippen molar-refractivity contribution in [1.29, 1.82) is 0 Å². The smallest absolute Gasteiger partial charge is 0.241 e. The summed E-state index contributed by atoms with van der Waals surface area (Å²) in [6.07, 6.45) is 0. The van der Waals surface area contributed by atoms with Gasteiger partial charge in [-0.1, -0.05) is 54.1 Å². The zero-order chi connectivity index (χ0) is 15.2. The number of benzene rings is 2. The van der Waals surface area contributed by atoms with Crippen molar-refractivity contribution in [3.05, 3.63) is 70.8 Å². The van der Waals surface area contributed by atoms with Crippen molar-refractivity contribution in [3.8, 4) is 0 Å². The molecule has 0 aliphatic carbocycles. The van der Waals surface area contributed by atoms with E-state index in [2.05, 4.69) is 5.32 Å². The molecule has 0 spiro atoms. The monoisotopic (exact) mass is 355 g/mol. The van der Waals surface area contributed by atoms with Crippen LogP contribution in [0.5, 0.6) is 0 Å². The summed E-state index contributed by atoms with van der Waals surface area (Å²) in [7, 11) is 0. The van der Waals surface area contributed by atoms with Gasteiger partial charge in [-0.05, 0) is 23.6 Å². The predicted molar refractivity (Wildman–Crippen MR) is 98.8 cm³/mol. The van der Waals surface area contributed by atoms with Crippen molar-refractivity contribution in [2.24, 2.45) is 11.5 Å². The first-order chi connectivity index (χ1) is 10.1. The normalized spacial score (nSPS) is 10.9. The Bertz CT molecular complexity index is 617. The molecular formula is C17H23Cl2N3O. The first-order valence-corrected chi connectivity index (χ1v) is 6.98. The fraction of sp³-hybridized carbons (Fsp3) is 0.235. The third kappa shape index (κ3) is 6.20. The van der Waals surface area contributed by atoms with Gasteiger partial charge in [0.05, 0.1) is 0 Å². The van der Waals surface area contributed by atoms with E-state index in [9.17, 15) is 4.79 Å². The third-order valence-corrected chi connectivity index (χ3v) is 3.41. The second-order valence-electron chi connectivity index (χ2n) is 5.13. The minimum atomic E-state index is -0.650. The summed E-state index contributed by atoms with van der Waals surface area (Å²) >= 11 is 0. The van der Waals surface area contributed by atoms with Crippen LogP contribution < -0.4 is 16.8 Å². The Morgan fingerprint density at radius 3 is 2.30 bits per heavy atom. The number of nitrogens with two attached hydrogens (primary N) is 2. The zero-order valence-electron chi connectivity index (χ0n) is 13.0. The average Bonchev–Trinajstić information content (AvgIpc) is 2.53. The van der Waals surface area contributed by atoms with Gasteiger partial charge in [0.2, 0.25) is 5.91 Å². The molecule has 0 aromatic heterocycles. The molecule has 0 bridgehead atoms. The summed E-state index contributed by atoms with van der Waals surface area (Å²) < 4.78 is 0. The van der Waals surface area contributed by atoms with Crippen LogP contribution in [-0.4, -0.2) is 5.91 Å². The zero-order valence-corrected chi connectivity index (χ0v) is 14.6. The SMILES string of the molecule is Cc1ccc(C(N)C(=O)NCc2cccc(CN)c2)cc1.Cl.Cl. The Morgan fingerprint density at radius 2 is 1.70 bits per heavy atom. The van der Waals surface area contributed by atoms with Gasteiger partial charge in [0, 0.05) is 13.1 Å². The molecule has 1 unspecified atom stereocenters. The van der Waals surface area contributed by atoms with Crippen LogP contribution >= 0.6 is 24.8 Å². The van der Waals surface area contributed by atoms with E-state index in [1.54, 1.807) is 0 Å². The summed E-state index contributed by atoms with van der Waals surface area (Å²) in [4.78, 5) is 12.1. The summed E-state index contributed by atoms with van der Waals surface area (Å²) in [5.74, 6) is -0.183. The molecule has 0 radical (unpaired) electrons. The lowest BCUT2D eigenvalue weighted by Gasteiger charge is -2.13. The molecule has 5 N–H and O–H groups in total. The van der Waals surface area contributed by atoms with Crippen LogP contribution in [0.1, 0.15) is 28.3 Å². The van der Waals surface area contributed by atoms with Crippen LogP contribution in [0.3, 0.4) is 0 Å². The number of carbonyl (C=O) groups excluding carboxylic acids is 1. The second kappa shape index (κ2) is 10.2. The molecule has 0 heterocycles. The molecule has 4 nitrogen and oxygen atoms in total. The molecule has 0 saturated carbocycles. The number of rotatable bonds is 5. The van der Waals surface area contributed by atoms with E-state index in [-0.39, 0.29) is 30.7 Å². The van der Waals surface area contributed by atoms with Gasteiger partial charge >= 0.3 is 0 Å². The van der Waals surface area contributed by atoms with Gasteiger partial charge in [-0.15, -0.1) is 24.8 Å². The minimum Gasteiger partial charge on any atom is -0.350 e. The van der Waals surface area contributed by atoms with E-state index in [0.717, 1.165) is 22.3 Å². The Labute approximate surface area is 149 Å². The molecular weight excluding hydrogens is 333 g/mol. The van der Waals surface area contributed by atoms with Crippen LogP contribution in [-0.2, 0) is 17.9 Å². The largest absolute Gasteiger partial charge is 0.350 e. The topological polar surface area (TPSA) is 81.1 Å². The molecule has 6 heteroatoms.